The largest absolute Gasteiger partial charge is 0.396 e. The average Bonchev–Trinajstić information content (AvgIpc) is 2.11. The van der Waals surface area contributed by atoms with Gasteiger partial charge in [0.05, 0.1) is 10.9 Å². The Labute approximate surface area is 85.7 Å². The maximum absolute atomic E-state index is 13.0. The first kappa shape index (κ1) is 10.8. The van der Waals surface area contributed by atoms with Crippen molar-refractivity contribution in [1.29, 1.82) is 0 Å². The van der Waals surface area contributed by atoms with Gasteiger partial charge < -0.3 is 11.5 Å². The molecule has 0 fully saturated rings. The third kappa shape index (κ3) is 2.63. The van der Waals surface area contributed by atoms with E-state index in [9.17, 15) is 9.18 Å². The predicted octanol–water partition coefficient (Wildman–Crippen LogP) is 1.37. The number of thioether (sulfide) groups is 1. The number of rotatable bonds is 3. The number of carbonyl (C=O) groups excluding carboxylic acids is 1. The van der Waals surface area contributed by atoms with Crippen LogP contribution in [-0.2, 0) is 4.79 Å². The van der Waals surface area contributed by atoms with Crippen molar-refractivity contribution in [2.75, 3.05) is 5.73 Å². The summed E-state index contributed by atoms with van der Waals surface area (Å²) in [5.41, 5.74) is 10.5. The number of amides is 1. The normalized spacial score (nSPS) is 12.4. The molecular formula is C9H11FN2OS. The maximum atomic E-state index is 13.0. The van der Waals surface area contributed by atoms with Gasteiger partial charge in [0.15, 0.2) is 0 Å². The molecule has 0 radical (unpaired) electrons. The van der Waals surface area contributed by atoms with Gasteiger partial charge in [0.2, 0.25) is 5.91 Å². The van der Waals surface area contributed by atoms with E-state index in [-0.39, 0.29) is 10.9 Å². The minimum atomic E-state index is -0.480. The second-order valence-corrected chi connectivity index (χ2v) is 4.26. The molecule has 1 aromatic rings. The van der Waals surface area contributed by atoms with E-state index in [2.05, 4.69) is 0 Å². The molecule has 1 aromatic carbocycles. The van der Waals surface area contributed by atoms with Crippen LogP contribution >= 0.6 is 11.8 Å². The summed E-state index contributed by atoms with van der Waals surface area (Å²) in [6.45, 7) is 1.67. The average molecular weight is 214 g/mol. The lowest BCUT2D eigenvalue weighted by Crippen LogP contribution is -2.22. The Balaban J connectivity index is 2.78. The number of carbonyl (C=O) groups is 1. The highest BCUT2D eigenvalue weighted by atomic mass is 32.2. The van der Waals surface area contributed by atoms with Crippen molar-refractivity contribution in [2.24, 2.45) is 5.73 Å². The summed E-state index contributed by atoms with van der Waals surface area (Å²) in [7, 11) is 0. The number of anilines is 1. The van der Waals surface area contributed by atoms with E-state index in [0.29, 0.717) is 4.90 Å². The molecule has 0 aliphatic heterocycles. The summed E-state index contributed by atoms with van der Waals surface area (Å²) in [4.78, 5) is 11.4. The fourth-order valence-corrected chi connectivity index (χ4v) is 1.69. The van der Waals surface area contributed by atoms with Gasteiger partial charge in [-0.25, -0.2) is 4.39 Å². The highest BCUT2D eigenvalue weighted by Crippen LogP contribution is 2.25. The molecule has 5 heteroatoms. The van der Waals surface area contributed by atoms with Gasteiger partial charge in [0.25, 0.3) is 0 Å². The molecule has 0 saturated carbocycles. The molecule has 0 aliphatic rings. The summed E-state index contributed by atoms with van der Waals surface area (Å²) < 4.78 is 13.0. The highest BCUT2D eigenvalue weighted by Gasteiger charge is 2.11. The number of nitrogen functional groups attached to an aromatic ring is 1. The highest BCUT2D eigenvalue weighted by molar-refractivity contribution is 8.00. The third-order valence-electron chi connectivity index (χ3n) is 1.69. The van der Waals surface area contributed by atoms with Crippen LogP contribution in [0.5, 0.6) is 0 Å². The molecule has 0 saturated heterocycles. The standard InChI is InChI=1S/C9H11FN2OS/c1-5(9(12)13)14-6-2-3-8(11)7(10)4-6/h2-5H,11H2,1H3,(H2,12,13). The topological polar surface area (TPSA) is 69.1 Å². The smallest absolute Gasteiger partial charge is 0.230 e. The van der Waals surface area contributed by atoms with E-state index in [1.165, 1.54) is 23.9 Å². The van der Waals surface area contributed by atoms with Crippen LogP contribution in [0.1, 0.15) is 6.92 Å². The first-order chi connectivity index (χ1) is 6.50. The Morgan fingerprint density at radius 3 is 2.71 bits per heavy atom. The van der Waals surface area contributed by atoms with Crippen LogP contribution in [0.25, 0.3) is 0 Å². The van der Waals surface area contributed by atoms with Gasteiger partial charge in [0.1, 0.15) is 5.82 Å². The zero-order chi connectivity index (χ0) is 10.7. The van der Waals surface area contributed by atoms with Gasteiger partial charge >= 0.3 is 0 Å². The summed E-state index contributed by atoms with van der Waals surface area (Å²) in [6.07, 6.45) is 0. The molecule has 1 unspecified atom stereocenters. The monoisotopic (exact) mass is 214 g/mol. The van der Waals surface area contributed by atoms with Crippen LogP contribution in [0.3, 0.4) is 0 Å². The van der Waals surface area contributed by atoms with Gasteiger partial charge in [-0.05, 0) is 25.1 Å². The molecule has 14 heavy (non-hydrogen) atoms. The first-order valence-corrected chi connectivity index (χ1v) is 4.89. The lowest BCUT2D eigenvalue weighted by atomic mass is 10.3. The van der Waals surface area contributed by atoms with Gasteiger partial charge in [-0.15, -0.1) is 11.8 Å². The molecule has 0 spiro atoms. The number of hydrogen-bond acceptors (Lipinski definition) is 3. The molecule has 1 atom stereocenters. The van der Waals surface area contributed by atoms with Gasteiger partial charge in [-0.3, -0.25) is 4.79 Å². The predicted molar refractivity (Wildman–Crippen MR) is 55.3 cm³/mol. The van der Waals surface area contributed by atoms with Crippen molar-refractivity contribution in [3.05, 3.63) is 24.0 Å². The fraction of sp³-hybridized carbons (Fsp3) is 0.222. The Bertz CT molecular complexity index is 357. The van der Waals surface area contributed by atoms with Crippen molar-refractivity contribution in [3.63, 3.8) is 0 Å². The number of halogens is 1. The van der Waals surface area contributed by atoms with Crippen molar-refractivity contribution in [3.8, 4) is 0 Å². The van der Waals surface area contributed by atoms with E-state index in [1.54, 1.807) is 13.0 Å². The maximum Gasteiger partial charge on any atom is 0.230 e. The molecular weight excluding hydrogens is 203 g/mol. The second kappa shape index (κ2) is 4.32. The summed E-state index contributed by atoms with van der Waals surface area (Å²) in [5.74, 6) is -0.904. The number of hydrogen-bond donors (Lipinski definition) is 2. The number of nitrogens with two attached hydrogens (primary N) is 2. The molecule has 3 nitrogen and oxygen atoms in total. The minimum Gasteiger partial charge on any atom is -0.396 e. The Kier molecular flexibility index (Phi) is 3.35. The van der Waals surface area contributed by atoms with E-state index in [1.807, 2.05) is 0 Å². The van der Waals surface area contributed by atoms with Gasteiger partial charge in [-0.1, -0.05) is 0 Å². The van der Waals surface area contributed by atoms with Crippen LogP contribution in [0.4, 0.5) is 10.1 Å². The molecule has 4 N–H and O–H groups in total. The minimum absolute atomic E-state index is 0.0982. The summed E-state index contributed by atoms with van der Waals surface area (Å²) >= 11 is 1.20. The number of primary amides is 1. The lowest BCUT2D eigenvalue weighted by Gasteiger charge is -2.07. The summed E-state index contributed by atoms with van der Waals surface area (Å²) in [5, 5.41) is -0.377. The van der Waals surface area contributed by atoms with Crippen molar-refractivity contribution in [1.82, 2.24) is 0 Å². The first-order valence-electron chi connectivity index (χ1n) is 4.01. The van der Waals surface area contributed by atoms with Crippen molar-refractivity contribution >= 4 is 23.4 Å². The van der Waals surface area contributed by atoms with Crippen LogP contribution in [0.2, 0.25) is 0 Å². The SMILES string of the molecule is CC(Sc1ccc(N)c(F)c1)C(N)=O. The van der Waals surface area contributed by atoms with Crippen LogP contribution in [0.15, 0.2) is 23.1 Å². The van der Waals surface area contributed by atoms with E-state index in [4.69, 9.17) is 11.5 Å². The quantitative estimate of drug-likeness (QED) is 0.590. The van der Waals surface area contributed by atoms with Crippen LogP contribution in [0, 0.1) is 5.82 Å². The third-order valence-corrected chi connectivity index (χ3v) is 2.80. The van der Waals surface area contributed by atoms with Crippen molar-refractivity contribution in [2.45, 2.75) is 17.1 Å². The Morgan fingerprint density at radius 1 is 1.57 bits per heavy atom. The van der Waals surface area contributed by atoms with E-state index >= 15 is 0 Å². The van der Waals surface area contributed by atoms with Gasteiger partial charge in [-0.2, -0.15) is 0 Å². The van der Waals surface area contributed by atoms with Gasteiger partial charge in [0, 0.05) is 4.90 Å². The van der Waals surface area contributed by atoms with Crippen LogP contribution in [-0.4, -0.2) is 11.2 Å². The van der Waals surface area contributed by atoms with Crippen molar-refractivity contribution < 1.29 is 9.18 Å². The molecule has 1 amide bonds. The fourth-order valence-electron chi connectivity index (χ4n) is 0.843. The molecule has 1 rings (SSSR count). The number of benzene rings is 1. The molecule has 0 bridgehead atoms. The zero-order valence-corrected chi connectivity index (χ0v) is 8.48. The Hall–Kier alpha value is -1.23. The van der Waals surface area contributed by atoms with E-state index in [0.717, 1.165) is 0 Å². The Morgan fingerprint density at radius 2 is 2.21 bits per heavy atom. The zero-order valence-electron chi connectivity index (χ0n) is 7.66. The summed E-state index contributed by atoms with van der Waals surface area (Å²) in [6, 6.07) is 4.41. The second-order valence-electron chi connectivity index (χ2n) is 2.85. The molecule has 0 aromatic heterocycles. The van der Waals surface area contributed by atoms with E-state index < -0.39 is 11.7 Å². The molecule has 76 valence electrons. The lowest BCUT2D eigenvalue weighted by molar-refractivity contribution is -0.117. The molecule has 0 heterocycles. The van der Waals surface area contributed by atoms with Crippen LogP contribution < -0.4 is 11.5 Å². The molecule has 0 aliphatic carbocycles.